The second kappa shape index (κ2) is 7.07. The molecule has 8 heteroatoms. The summed E-state index contributed by atoms with van der Waals surface area (Å²) in [5, 5.41) is 26.8. The molecule has 24 heavy (non-hydrogen) atoms. The number of hydrogen-bond acceptors (Lipinski definition) is 5. The lowest BCUT2D eigenvalue weighted by Crippen LogP contribution is -2.14. The molecule has 0 aliphatic heterocycles. The molecule has 0 bridgehead atoms. The van der Waals surface area contributed by atoms with Crippen molar-refractivity contribution in [3.05, 3.63) is 54.0 Å². The van der Waals surface area contributed by atoms with Gasteiger partial charge in [0, 0.05) is 23.8 Å². The quantitative estimate of drug-likeness (QED) is 0.353. The molecule has 2 heterocycles. The fraction of sp³-hybridized carbons (Fsp3) is 0.188. The third kappa shape index (κ3) is 3.34. The van der Waals surface area contributed by atoms with E-state index in [-0.39, 0.29) is 6.61 Å². The normalized spacial score (nSPS) is 11.4. The number of rotatable bonds is 6. The zero-order valence-electron chi connectivity index (χ0n) is 12.8. The minimum atomic E-state index is -0.632. The number of carbonyl (C=O) groups is 1. The first kappa shape index (κ1) is 15.9. The predicted octanol–water partition coefficient (Wildman–Crippen LogP) is 0.792. The molecule has 0 aliphatic rings. The molecule has 3 rings (SSSR count). The zero-order chi connectivity index (χ0) is 16.9. The van der Waals surface area contributed by atoms with Gasteiger partial charge in [-0.1, -0.05) is 23.4 Å². The number of para-hydroxylation sites is 1. The number of aliphatic hydroxyl groups excluding tert-OH is 1. The van der Waals surface area contributed by atoms with Crippen LogP contribution in [-0.2, 0) is 17.9 Å². The third-order valence-electron chi connectivity index (χ3n) is 3.62. The largest absolute Gasteiger partial charge is 0.395 e. The van der Waals surface area contributed by atoms with Crippen molar-refractivity contribution in [2.45, 2.75) is 13.1 Å². The Morgan fingerprint density at radius 2 is 2.17 bits per heavy atom. The smallest absolute Gasteiger partial charge is 0.267 e. The third-order valence-corrected chi connectivity index (χ3v) is 3.62. The molecule has 0 saturated carbocycles. The van der Waals surface area contributed by atoms with Crippen LogP contribution in [0.1, 0.15) is 11.4 Å². The highest BCUT2D eigenvalue weighted by atomic mass is 16.5. The maximum Gasteiger partial charge on any atom is 0.267 e. The first-order chi connectivity index (χ1) is 11.7. The number of amides is 1. The Morgan fingerprint density at radius 3 is 2.96 bits per heavy atom. The molecule has 124 valence electrons. The molecule has 0 aliphatic carbocycles. The maximum atomic E-state index is 11.0. The highest BCUT2D eigenvalue weighted by Crippen LogP contribution is 2.20. The molecule has 0 fully saturated rings. The summed E-state index contributed by atoms with van der Waals surface area (Å²) in [7, 11) is 0. The lowest BCUT2D eigenvalue weighted by atomic mass is 10.2. The number of benzene rings is 1. The number of fused-ring (bicyclic) bond motifs is 1. The summed E-state index contributed by atoms with van der Waals surface area (Å²) in [4.78, 5) is 11.0. The van der Waals surface area contributed by atoms with E-state index in [4.69, 9.17) is 5.21 Å². The van der Waals surface area contributed by atoms with Crippen LogP contribution in [0.4, 0.5) is 0 Å². The van der Waals surface area contributed by atoms with E-state index < -0.39 is 5.91 Å². The molecule has 0 saturated heterocycles. The Bertz CT molecular complexity index is 881. The number of hydroxylamine groups is 1. The van der Waals surface area contributed by atoms with Crippen LogP contribution in [0, 0.1) is 0 Å². The van der Waals surface area contributed by atoms with Crippen LogP contribution in [0.15, 0.2) is 42.6 Å². The van der Waals surface area contributed by atoms with E-state index in [2.05, 4.69) is 16.4 Å². The summed E-state index contributed by atoms with van der Waals surface area (Å²) in [6.45, 7) is 1.04. The van der Waals surface area contributed by atoms with Gasteiger partial charge in [0.15, 0.2) is 0 Å². The molecular weight excluding hydrogens is 310 g/mol. The molecule has 3 N–H and O–H groups in total. The number of nitrogens with one attached hydrogen (secondary N) is 1. The summed E-state index contributed by atoms with van der Waals surface area (Å²) in [5.74, 6) is -0.632. The Balaban J connectivity index is 1.85. The highest BCUT2D eigenvalue weighted by molar-refractivity contribution is 5.90. The monoisotopic (exact) mass is 327 g/mol. The van der Waals surface area contributed by atoms with E-state index in [1.807, 2.05) is 28.8 Å². The summed E-state index contributed by atoms with van der Waals surface area (Å²) in [5.41, 5.74) is 4.07. The van der Waals surface area contributed by atoms with E-state index in [9.17, 15) is 9.90 Å². The summed E-state index contributed by atoms with van der Waals surface area (Å²) in [6.07, 6.45) is 4.32. The Kier molecular flexibility index (Phi) is 4.69. The molecule has 8 nitrogen and oxygen atoms in total. The van der Waals surface area contributed by atoms with Gasteiger partial charge in [-0.25, -0.2) is 10.2 Å². The van der Waals surface area contributed by atoms with Crippen molar-refractivity contribution >= 4 is 22.9 Å². The lowest BCUT2D eigenvalue weighted by molar-refractivity contribution is -0.124. The molecule has 0 spiro atoms. The molecule has 0 radical (unpaired) electrons. The van der Waals surface area contributed by atoms with Crippen LogP contribution in [0.5, 0.6) is 0 Å². The lowest BCUT2D eigenvalue weighted by Gasteiger charge is -2.08. The van der Waals surface area contributed by atoms with Crippen LogP contribution in [0.2, 0.25) is 0 Å². The van der Waals surface area contributed by atoms with Crippen molar-refractivity contribution in [1.29, 1.82) is 0 Å². The van der Waals surface area contributed by atoms with Crippen LogP contribution in [-0.4, -0.2) is 42.4 Å². The maximum absolute atomic E-state index is 11.0. The molecule has 0 unspecified atom stereocenters. The van der Waals surface area contributed by atoms with Crippen LogP contribution >= 0.6 is 0 Å². The fourth-order valence-electron chi connectivity index (χ4n) is 2.59. The molecule has 1 amide bonds. The summed E-state index contributed by atoms with van der Waals surface area (Å²) in [6, 6.07) is 10.0. The number of hydrogen-bond donors (Lipinski definition) is 3. The topological polar surface area (TPSA) is 105 Å². The van der Waals surface area contributed by atoms with Gasteiger partial charge in [-0.2, -0.15) is 0 Å². The minimum absolute atomic E-state index is 0.0489. The fourth-order valence-corrected chi connectivity index (χ4v) is 2.59. The van der Waals surface area contributed by atoms with Gasteiger partial charge in [-0.3, -0.25) is 10.0 Å². The summed E-state index contributed by atoms with van der Waals surface area (Å²) >= 11 is 0. The number of carbonyl (C=O) groups excluding carboxylic acids is 1. The van der Waals surface area contributed by atoms with Crippen molar-refractivity contribution in [3.8, 4) is 0 Å². The van der Waals surface area contributed by atoms with Crippen molar-refractivity contribution in [1.82, 2.24) is 25.0 Å². The van der Waals surface area contributed by atoms with E-state index in [1.54, 1.807) is 10.9 Å². The average molecular weight is 327 g/mol. The minimum Gasteiger partial charge on any atom is -0.395 e. The Morgan fingerprint density at radius 1 is 1.33 bits per heavy atom. The first-order valence-corrected chi connectivity index (χ1v) is 7.41. The van der Waals surface area contributed by atoms with Gasteiger partial charge >= 0.3 is 0 Å². The summed E-state index contributed by atoms with van der Waals surface area (Å²) < 4.78 is 3.70. The van der Waals surface area contributed by atoms with Gasteiger partial charge in [-0.05, 0) is 23.6 Å². The van der Waals surface area contributed by atoms with Crippen molar-refractivity contribution < 1.29 is 15.1 Å². The van der Waals surface area contributed by atoms with Crippen LogP contribution < -0.4 is 5.48 Å². The predicted molar refractivity (Wildman–Crippen MR) is 87.1 cm³/mol. The van der Waals surface area contributed by atoms with Crippen molar-refractivity contribution in [3.63, 3.8) is 0 Å². The van der Waals surface area contributed by atoms with E-state index in [1.165, 1.54) is 11.6 Å². The van der Waals surface area contributed by atoms with Crippen molar-refractivity contribution in [2.75, 3.05) is 6.61 Å². The molecule has 1 aromatic carbocycles. The van der Waals surface area contributed by atoms with Gasteiger partial charge in [0.25, 0.3) is 5.91 Å². The van der Waals surface area contributed by atoms with Gasteiger partial charge in [0.1, 0.15) is 5.69 Å². The van der Waals surface area contributed by atoms with Gasteiger partial charge in [-0.15, -0.1) is 5.10 Å². The van der Waals surface area contributed by atoms with Gasteiger partial charge in [0.05, 0.1) is 19.3 Å². The average Bonchev–Trinajstić information content (AvgIpc) is 3.18. The first-order valence-electron chi connectivity index (χ1n) is 7.41. The number of nitrogens with zero attached hydrogens (tertiary/aromatic N) is 4. The second-order valence-electron chi connectivity index (χ2n) is 5.22. The van der Waals surface area contributed by atoms with Gasteiger partial charge in [0.2, 0.25) is 0 Å². The van der Waals surface area contributed by atoms with E-state index >= 15 is 0 Å². The molecular formula is C16H17N5O3. The van der Waals surface area contributed by atoms with Crippen LogP contribution in [0.3, 0.4) is 0 Å². The Hall–Kier alpha value is -2.97. The number of aromatic nitrogens is 4. The molecule has 3 aromatic rings. The number of aliphatic hydroxyl groups is 1. The Labute approximate surface area is 137 Å². The molecule has 0 atom stereocenters. The standard InChI is InChI=1S/C16H17N5O3/c22-8-7-21-14(9-12-3-1-2-4-15(12)21)11-20-10-13(17-19-20)5-6-16(23)18-24/h1-6,9-10,22,24H,7-8,11H2,(H,18,23). The zero-order valence-corrected chi connectivity index (χ0v) is 12.8. The van der Waals surface area contributed by atoms with Gasteiger partial charge < -0.3 is 9.67 Å². The highest BCUT2D eigenvalue weighted by Gasteiger charge is 2.09. The van der Waals surface area contributed by atoms with Crippen molar-refractivity contribution in [2.24, 2.45) is 0 Å². The second-order valence-corrected chi connectivity index (χ2v) is 5.22. The van der Waals surface area contributed by atoms with E-state index in [0.717, 1.165) is 22.7 Å². The SMILES string of the molecule is O=C(C=Cc1cn(Cc2cc3ccccc3n2CCO)nn1)NO. The van der Waals surface area contributed by atoms with Crippen LogP contribution in [0.25, 0.3) is 17.0 Å². The van der Waals surface area contributed by atoms with E-state index in [0.29, 0.717) is 18.8 Å². The molecule has 2 aromatic heterocycles.